The van der Waals surface area contributed by atoms with Crippen molar-refractivity contribution >= 4 is 11.4 Å². The molecule has 0 fully saturated rings. The molecule has 0 aliphatic carbocycles. The van der Waals surface area contributed by atoms with Gasteiger partial charge in [0.2, 0.25) is 0 Å². The first-order valence-corrected chi connectivity index (χ1v) is 10.9. The van der Waals surface area contributed by atoms with Crippen LogP contribution in [0.3, 0.4) is 0 Å². The van der Waals surface area contributed by atoms with Crippen LogP contribution in [-0.2, 0) is 18.8 Å². The lowest BCUT2D eigenvalue weighted by molar-refractivity contribution is -0.139. The summed E-state index contributed by atoms with van der Waals surface area (Å²) in [6, 6.07) is 19.6. The van der Waals surface area contributed by atoms with Gasteiger partial charge in [0.05, 0.1) is 0 Å². The molecule has 0 spiro atoms. The highest BCUT2D eigenvalue weighted by atomic mass is 19.4. The molecular weight excluding hydrogens is 498 g/mol. The highest BCUT2D eigenvalue weighted by Crippen LogP contribution is 2.40. The molecule has 10 heteroatoms. The van der Waals surface area contributed by atoms with E-state index in [1.165, 1.54) is 12.1 Å². The maximum absolute atomic E-state index is 13.3. The van der Waals surface area contributed by atoms with E-state index in [2.05, 4.69) is 0 Å². The lowest BCUT2D eigenvalue weighted by Gasteiger charge is -2.15. The number of halogens is 6. The Labute approximate surface area is 208 Å². The van der Waals surface area contributed by atoms with Crippen LogP contribution in [0.1, 0.15) is 22.3 Å². The van der Waals surface area contributed by atoms with E-state index in [1.54, 1.807) is 48.5 Å². The first-order chi connectivity index (χ1) is 17.4. The fraction of sp³-hybridized carbons (Fsp3) is 0.111. The number of ether oxygens (including phenoxy) is 2. The molecule has 4 nitrogen and oxygen atoms in total. The van der Waals surface area contributed by atoms with Crippen molar-refractivity contribution in [1.82, 2.24) is 0 Å². The average Bonchev–Trinajstić information content (AvgIpc) is 2.82. The third-order valence-corrected chi connectivity index (χ3v) is 5.33. The van der Waals surface area contributed by atoms with Crippen LogP contribution in [0.2, 0.25) is 0 Å². The summed E-state index contributed by atoms with van der Waals surface area (Å²) in [4.78, 5) is 0. The molecule has 0 aromatic heterocycles. The molecule has 4 aromatic rings. The fourth-order valence-corrected chi connectivity index (χ4v) is 3.56. The van der Waals surface area contributed by atoms with Crippen molar-refractivity contribution in [3.05, 3.63) is 107 Å². The van der Waals surface area contributed by atoms with Gasteiger partial charge in [-0.05, 0) is 78.2 Å². The van der Waals surface area contributed by atoms with E-state index in [-0.39, 0.29) is 34.4 Å². The molecule has 4 rings (SSSR count). The maximum Gasteiger partial charge on any atom is 0.420 e. The summed E-state index contributed by atoms with van der Waals surface area (Å²) in [5.41, 5.74) is 10.6. The number of alkyl halides is 6. The van der Waals surface area contributed by atoms with Crippen LogP contribution in [0.4, 0.5) is 37.7 Å². The van der Waals surface area contributed by atoms with Gasteiger partial charge >= 0.3 is 12.4 Å². The highest BCUT2D eigenvalue weighted by molar-refractivity contribution is 5.51. The van der Waals surface area contributed by atoms with Crippen molar-refractivity contribution in [2.75, 3.05) is 11.5 Å². The van der Waals surface area contributed by atoms with Crippen LogP contribution < -0.4 is 20.9 Å². The Balaban J connectivity index is 1.43. The Morgan fingerprint density at radius 1 is 0.514 bits per heavy atom. The molecular formula is C27H20F6N2O2. The van der Waals surface area contributed by atoms with Crippen LogP contribution in [0, 0.1) is 0 Å². The van der Waals surface area contributed by atoms with Crippen molar-refractivity contribution in [3.8, 4) is 23.0 Å². The molecule has 0 saturated heterocycles. The molecule has 0 atom stereocenters. The Morgan fingerprint density at radius 3 is 1.19 bits per heavy atom. The molecule has 0 aliphatic rings. The Kier molecular flexibility index (Phi) is 6.93. The Hall–Kier alpha value is -4.34. The van der Waals surface area contributed by atoms with E-state index < -0.39 is 23.5 Å². The summed E-state index contributed by atoms with van der Waals surface area (Å²) < 4.78 is 90.5. The lowest BCUT2D eigenvalue weighted by atomic mass is 10.0. The van der Waals surface area contributed by atoms with E-state index in [0.717, 1.165) is 35.4 Å². The number of rotatable bonds is 6. The molecule has 0 bridgehead atoms. The van der Waals surface area contributed by atoms with Crippen LogP contribution in [0.15, 0.2) is 84.9 Å². The summed E-state index contributed by atoms with van der Waals surface area (Å²) in [5.74, 6) is -0.293. The van der Waals surface area contributed by atoms with Crippen molar-refractivity contribution in [3.63, 3.8) is 0 Å². The van der Waals surface area contributed by atoms with E-state index in [9.17, 15) is 26.3 Å². The summed E-state index contributed by atoms with van der Waals surface area (Å²) in [7, 11) is 0. The normalized spacial score (nSPS) is 11.8. The van der Waals surface area contributed by atoms with Gasteiger partial charge in [0.25, 0.3) is 0 Å². The zero-order valence-corrected chi connectivity index (χ0v) is 19.0. The zero-order valence-electron chi connectivity index (χ0n) is 19.0. The van der Waals surface area contributed by atoms with Gasteiger partial charge in [-0.25, -0.2) is 0 Å². The second-order valence-electron chi connectivity index (χ2n) is 8.18. The van der Waals surface area contributed by atoms with Crippen LogP contribution >= 0.6 is 0 Å². The second-order valence-corrected chi connectivity index (χ2v) is 8.18. The van der Waals surface area contributed by atoms with Gasteiger partial charge in [0.15, 0.2) is 0 Å². The number of nitrogen functional groups attached to an aromatic ring is 2. The third kappa shape index (κ3) is 6.46. The van der Waals surface area contributed by atoms with Crippen molar-refractivity contribution in [2.24, 2.45) is 0 Å². The summed E-state index contributed by atoms with van der Waals surface area (Å²) in [6.45, 7) is 0. The first-order valence-electron chi connectivity index (χ1n) is 10.9. The minimum absolute atomic E-state index is 0.0271. The topological polar surface area (TPSA) is 70.5 Å². The zero-order chi connectivity index (χ0) is 26.8. The van der Waals surface area contributed by atoms with E-state index >= 15 is 0 Å². The first kappa shape index (κ1) is 25.7. The largest absolute Gasteiger partial charge is 0.457 e. The van der Waals surface area contributed by atoms with Gasteiger partial charge < -0.3 is 20.9 Å². The van der Waals surface area contributed by atoms with E-state index in [4.69, 9.17) is 20.9 Å². The van der Waals surface area contributed by atoms with Crippen LogP contribution in [0.25, 0.3) is 0 Å². The van der Waals surface area contributed by atoms with Gasteiger partial charge in [-0.1, -0.05) is 24.3 Å². The lowest BCUT2D eigenvalue weighted by Crippen LogP contribution is -2.08. The highest BCUT2D eigenvalue weighted by Gasteiger charge is 2.35. The summed E-state index contributed by atoms with van der Waals surface area (Å²) >= 11 is 0. The Morgan fingerprint density at radius 2 is 0.865 bits per heavy atom. The number of hydrogen-bond acceptors (Lipinski definition) is 4. The van der Waals surface area contributed by atoms with Crippen LogP contribution in [-0.4, -0.2) is 0 Å². The number of anilines is 2. The SMILES string of the molecule is Nc1ccc(Oc2ccc(Cc3ccc(Oc4ccc(N)cc4C(F)(F)F)cc3)cc2)c(C(F)(F)F)c1. The monoisotopic (exact) mass is 518 g/mol. The van der Waals surface area contributed by atoms with Crippen molar-refractivity contribution in [2.45, 2.75) is 18.8 Å². The predicted molar refractivity (Wildman–Crippen MR) is 128 cm³/mol. The van der Waals surface area contributed by atoms with Gasteiger partial charge in [0, 0.05) is 11.4 Å². The third-order valence-electron chi connectivity index (χ3n) is 5.33. The van der Waals surface area contributed by atoms with Gasteiger partial charge in [-0.2, -0.15) is 26.3 Å². The minimum Gasteiger partial charge on any atom is -0.457 e. The molecule has 0 unspecified atom stereocenters. The van der Waals surface area contributed by atoms with Gasteiger partial charge in [0.1, 0.15) is 34.1 Å². The molecule has 0 aliphatic heterocycles. The summed E-state index contributed by atoms with van der Waals surface area (Å²) in [6.07, 6.45) is -8.78. The Bertz CT molecular complexity index is 1280. The molecule has 0 heterocycles. The van der Waals surface area contributed by atoms with Crippen molar-refractivity contribution in [1.29, 1.82) is 0 Å². The molecule has 4 N–H and O–H groups in total. The van der Waals surface area contributed by atoms with E-state index in [0.29, 0.717) is 6.42 Å². The van der Waals surface area contributed by atoms with Crippen molar-refractivity contribution < 1.29 is 35.8 Å². The van der Waals surface area contributed by atoms with Gasteiger partial charge in [-0.15, -0.1) is 0 Å². The quantitative estimate of drug-likeness (QED) is 0.200. The van der Waals surface area contributed by atoms with E-state index in [1.807, 2.05) is 0 Å². The van der Waals surface area contributed by atoms with Gasteiger partial charge in [-0.3, -0.25) is 0 Å². The molecule has 37 heavy (non-hydrogen) atoms. The molecule has 4 aromatic carbocycles. The molecule has 0 amide bonds. The minimum atomic E-state index is -4.62. The molecule has 0 saturated carbocycles. The number of hydrogen-bond donors (Lipinski definition) is 2. The average molecular weight is 518 g/mol. The maximum atomic E-state index is 13.3. The molecule has 0 radical (unpaired) electrons. The smallest absolute Gasteiger partial charge is 0.420 e. The summed E-state index contributed by atoms with van der Waals surface area (Å²) in [5, 5.41) is 0. The standard InChI is InChI=1S/C27H20F6N2O2/c28-26(29,30)22-14-18(34)5-11-24(22)36-20-7-1-16(2-8-20)13-17-3-9-21(10-4-17)37-25-12-6-19(35)15-23(25)27(31,32)33/h1-12,14-15H,13,34-35H2. The second kappa shape index (κ2) is 9.96. The molecule has 192 valence electrons. The van der Waals surface area contributed by atoms with Crippen LogP contribution in [0.5, 0.6) is 23.0 Å². The predicted octanol–water partition coefficient (Wildman–Crippen LogP) is 8.06. The number of nitrogens with two attached hydrogens (primary N) is 2. The number of benzene rings is 4. The fourth-order valence-electron chi connectivity index (χ4n) is 3.56.